The van der Waals surface area contributed by atoms with E-state index in [9.17, 15) is 5.11 Å². The van der Waals surface area contributed by atoms with Crippen LogP contribution in [-0.2, 0) is 5.11 Å². The lowest BCUT2D eigenvalue weighted by atomic mass is 10.4. The molecule has 1 aromatic heterocycles. The Labute approximate surface area is 77.0 Å². The zero-order valence-corrected chi connectivity index (χ0v) is 7.72. The van der Waals surface area contributed by atoms with Gasteiger partial charge in [-0.25, -0.2) is 10.1 Å². The van der Waals surface area contributed by atoms with Gasteiger partial charge < -0.3 is 0 Å². The average Bonchev–Trinajstić information content (AvgIpc) is 2.14. The Bertz CT molecular complexity index is 203. The van der Waals surface area contributed by atoms with Crippen molar-refractivity contribution < 1.29 is 5.11 Å². The second-order valence-electron chi connectivity index (χ2n) is 2.43. The summed E-state index contributed by atoms with van der Waals surface area (Å²) in [5.74, 6) is 0.999. The number of thioether (sulfide) groups is 1. The summed E-state index contributed by atoms with van der Waals surface area (Å²) >= 11 is 1.71. The van der Waals surface area contributed by atoms with Gasteiger partial charge >= 0.3 is 0 Å². The first kappa shape index (κ1) is 9.55. The molecule has 1 aromatic rings. The van der Waals surface area contributed by atoms with Crippen molar-refractivity contribution in [3.05, 3.63) is 24.4 Å². The van der Waals surface area contributed by atoms with E-state index in [-0.39, 0.29) is 6.61 Å². The van der Waals surface area contributed by atoms with E-state index in [1.807, 2.05) is 18.2 Å². The maximum Gasteiger partial charge on any atom is 0.0959 e. The minimum absolute atomic E-state index is 0.0444. The Morgan fingerprint density at radius 3 is 2.92 bits per heavy atom. The molecule has 1 rings (SSSR count). The highest BCUT2D eigenvalue weighted by atomic mass is 32.2. The summed E-state index contributed by atoms with van der Waals surface area (Å²) in [5.41, 5.74) is 0. The van der Waals surface area contributed by atoms with Gasteiger partial charge in [-0.15, -0.1) is 11.8 Å². The second kappa shape index (κ2) is 6.03. The van der Waals surface area contributed by atoms with Crippen molar-refractivity contribution in [1.29, 1.82) is 0 Å². The lowest BCUT2D eigenvalue weighted by Gasteiger charge is -1.97. The molecule has 0 unspecified atom stereocenters. The molecule has 3 heteroatoms. The molecule has 65 valence electrons. The molecule has 0 spiro atoms. The monoisotopic (exact) mass is 182 g/mol. The summed E-state index contributed by atoms with van der Waals surface area (Å²) in [6.07, 6.45) is 3.56. The summed E-state index contributed by atoms with van der Waals surface area (Å²) < 4.78 is 0. The van der Waals surface area contributed by atoms with Gasteiger partial charge in [0.15, 0.2) is 0 Å². The summed E-state index contributed by atoms with van der Waals surface area (Å²) in [6, 6.07) is 5.87. The number of aromatic nitrogens is 1. The van der Waals surface area contributed by atoms with Crippen LogP contribution in [-0.4, -0.2) is 17.3 Å². The third-order valence-corrected chi connectivity index (χ3v) is 2.46. The van der Waals surface area contributed by atoms with E-state index in [0.717, 1.165) is 23.6 Å². The average molecular weight is 182 g/mol. The van der Waals surface area contributed by atoms with Crippen LogP contribution in [0.4, 0.5) is 0 Å². The fraction of sp³-hybridized carbons (Fsp3) is 0.444. The van der Waals surface area contributed by atoms with Crippen LogP contribution >= 0.6 is 11.8 Å². The zero-order chi connectivity index (χ0) is 8.65. The molecular formula is C9H12NOS. The standard InChI is InChI=1S/C9H12NOS/c11-7-3-4-8-12-9-5-1-2-6-10-9/h1-2,5-6H,3-4,7-8H2. The van der Waals surface area contributed by atoms with E-state index >= 15 is 0 Å². The maximum absolute atomic E-state index is 10.1. The van der Waals surface area contributed by atoms with Crippen molar-refractivity contribution in [2.75, 3.05) is 12.4 Å². The number of hydrogen-bond donors (Lipinski definition) is 0. The molecule has 0 aromatic carbocycles. The van der Waals surface area contributed by atoms with Gasteiger partial charge in [0.05, 0.1) is 11.6 Å². The van der Waals surface area contributed by atoms with Crippen LogP contribution in [0.15, 0.2) is 29.4 Å². The van der Waals surface area contributed by atoms with Crippen molar-refractivity contribution >= 4 is 11.8 Å². The molecule has 0 aliphatic carbocycles. The zero-order valence-electron chi connectivity index (χ0n) is 6.90. The molecule has 0 saturated heterocycles. The van der Waals surface area contributed by atoms with E-state index < -0.39 is 0 Å². The van der Waals surface area contributed by atoms with E-state index in [0.29, 0.717) is 0 Å². The van der Waals surface area contributed by atoms with Gasteiger partial charge in [0.2, 0.25) is 0 Å². The van der Waals surface area contributed by atoms with Gasteiger partial charge in [-0.2, -0.15) is 0 Å². The Hall–Kier alpha value is -0.540. The van der Waals surface area contributed by atoms with Crippen LogP contribution in [0.3, 0.4) is 0 Å². The van der Waals surface area contributed by atoms with Gasteiger partial charge in [0, 0.05) is 6.20 Å². The molecule has 0 aliphatic rings. The molecule has 12 heavy (non-hydrogen) atoms. The van der Waals surface area contributed by atoms with Gasteiger partial charge in [-0.3, -0.25) is 0 Å². The van der Waals surface area contributed by atoms with Crippen LogP contribution in [0.5, 0.6) is 0 Å². The number of rotatable bonds is 5. The Balaban J connectivity index is 2.16. The first-order valence-electron chi connectivity index (χ1n) is 4.05. The molecule has 0 bridgehead atoms. The SMILES string of the molecule is [O]CCCCSc1ccccn1. The Morgan fingerprint density at radius 2 is 2.25 bits per heavy atom. The highest BCUT2D eigenvalue weighted by Crippen LogP contribution is 2.15. The van der Waals surface area contributed by atoms with Crippen LogP contribution in [0.25, 0.3) is 0 Å². The largest absolute Gasteiger partial charge is 0.250 e. The van der Waals surface area contributed by atoms with Crippen LogP contribution in [0.1, 0.15) is 12.8 Å². The number of unbranched alkanes of at least 4 members (excludes halogenated alkanes) is 1. The highest BCUT2D eigenvalue weighted by molar-refractivity contribution is 7.99. The minimum atomic E-state index is 0.0444. The lowest BCUT2D eigenvalue weighted by Crippen LogP contribution is -1.85. The lowest BCUT2D eigenvalue weighted by molar-refractivity contribution is 0.188. The predicted octanol–water partition coefficient (Wildman–Crippen LogP) is 2.38. The first-order chi connectivity index (χ1) is 5.93. The van der Waals surface area contributed by atoms with Gasteiger partial charge in [-0.1, -0.05) is 6.07 Å². The molecular weight excluding hydrogens is 170 g/mol. The van der Waals surface area contributed by atoms with Gasteiger partial charge in [0.1, 0.15) is 0 Å². The van der Waals surface area contributed by atoms with Gasteiger partial charge in [0.25, 0.3) is 0 Å². The molecule has 1 radical (unpaired) electrons. The van der Waals surface area contributed by atoms with Gasteiger partial charge in [-0.05, 0) is 30.7 Å². The molecule has 0 N–H and O–H groups in total. The van der Waals surface area contributed by atoms with Crippen molar-refractivity contribution in [3.8, 4) is 0 Å². The fourth-order valence-electron chi connectivity index (χ4n) is 0.813. The van der Waals surface area contributed by atoms with Crippen molar-refractivity contribution in [1.82, 2.24) is 4.98 Å². The predicted molar refractivity (Wildman–Crippen MR) is 49.7 cm³/mol. The van der Waals surface area contributed by atoms with Crippen LogP contribution in [0, 0.1) is 0 Å². The quantitative estimate of drug-likeness (QED) is 0.517. The second-order valence-corrected chi connectivity index (χ2v) is 3.54. The molecule has 0 atom stereocenters. The summed E-state index contributed by atoms with van der Waals surface area (Å²) in [7, 11) is 0. The van der Waals surface area contributed by atoms with Crippen molar-refractivity contribution in [2.24, 2.45) is 0 Å². The Kier molecular flexibility index (Phi) is 4.80. The number of nitrogens with zero attached hydrogens (tertiary/aromatic N) is 1. The molecule has 0 aliphatic heterocycles. The summed E-state index contributed by atoms with van der Waals surface area (Å²) in [5, 5.41) is 11.2. The topological polar surface area (TPSA) is 32.8 Å². The molecule has 0 fully saturated rings. The maximum atomic E-state index is 10.1. The highest BCUT2D eigenvalue weighted by Gasteiger charge is 1.92. The van der Waals surface area contributed by atoms with Crippen molar-refractivity contribution in [2.45, 2.75) is 17.9 Å². The third kappa shape index (κ3) is 3.74. The summed E-state index contributed by atoms with van der Waals surface area (Å²) in [6.45, 7) is 0.0444. The third-order valence-electron chi connectivity index (χ3n) is 1.43. The minimum Gasteiger partial charge on any atom is -0.250 e. The summed E-state index contributed by atoms with van der Waals surface area (Å²) in [4.78, 5) is 4.16. The molecule has 0 amide bonds. The number of hydrogen-bond acceptors (Lipinski definition) is 2. The van der Waals surface area contributed by atoms with E-state index in [1.165, 1.54) is 0 Å². The van der Waals surface area contributed by atoms with Crippen molar-refractivity contribution in [3.63, 3.8) is 0 Å². The van der Waals surface area contributed by atoms with E-state index in [2.05, 4.69) is 4.98 Å². The normalized spacial score (nSPS) is 10.1. The van der Waals surface area contributed by atoms with Crippen LogP contribution < -0.4 is 0 Å². The van der Waals surface area contributed by atoms with E-state index in [4.69, 9.17) is 0 Å². The Morgan fingerprint density at radius 1 is 1.33 bits per heavy atom. The molecule has 2 nitrogen and oxygen atoms in total. The fourth-order valence-corrected chi connectivity index (χ4v) is 1.68. The first-order valence-corrected chi connectivity index (χ1v) is 5.04. The van der Waals surface area contributed by atoms with E-state index in [1.54, 1.807) is 18.0 Å². The smallest absolute Gasteiger partial charge is 0.0959 e. The van der Waals surface area contributed by atoms with Crippen LogP contribution in [0.2, 0.25) is 0 Å². The molecule has 1 heterocycles. The number of pyridine rings is 1. The molecule has 0 saturated carbocycles.